The van der Waals surface area contributed by atoms with E-state index in [2.05, 4.69) is 0 Å². The van der Waals surface area contributed by atoms with Gasteiger partial charge in [0.2, 0.25) is 11.8 Å². The Morgan fingerprint density at radius 3 is 2.44 bits per heavy atom. The van der Waals surface area contributed by atoms with Gasteiger partial charge in [-0.3, -0.25) is 9.59 Å². The molecule has 0 unspecified atom stereocenters. The minimum atomic E-state index is -2.80. The van der Waals surface area contributed by atoms with E-state index in [0.717, 1.165) is 4.90 Å². The summed E-state index contributed by atoms with van der Waals surface area (Å²) in [7, 11) is 0. The SMILES string of the molecule is Cl.NC(=O)CCC[C@H](N)C(=O)N1CCC(F)(F)C1. The zero-order valence-corrected chi connectivity index (χ0v) is 10.7. The number of alkyl halides is 2. The molecule has 1 aliphatic heterocycles. The largest absolute Gasteiger partial charge is 0.370 e. The molecule has 0 spiro atoms. The number of primary amides is 1. The number of nitrogens with zero attached hydrogens (tertiary/aromatic N) is 1. The zero-order chi connectivity index (χ0) is 13.1. The highest BCUT2D eigenvalue weighted by Crippen LogP contribution is 2.27. The Labute approximate surface area is 110 Å². The second-order valence-corrected chi connectivity index (χ2v) is 4.33. The fourth-order valence-electron chi connectivity index (χ4n) is 1.78. The lowest BCUT2D eigenvalue weighted by Crippen LogP contribution is -2.43. The molecular formula is C10H18ClF2N3O2. The average Bonchev–Trinajstić information content (AvgIpc) is 2.57. The monoisotopic (exact) mass is 285 g/mol. The van der Waals surface area contributed by atoms with Crippen LogP contribution >= 0.6 is 12.4 Å². The van der Waals surface area contributed by atoms with Crippen LogP contribution in [-0.2, 0) is 9.59 Å². The van der Waals surface area contributed by atoms with Crippen LogP contribution in [0.4, 0.5) is 8.78 Å². The van der Waals surface area contributed by atoms with Crippen LogP contribution in [-0.4, -0.2) is 41.8 Å². The van der Waals surface area contributed by atoms with Gasteiger partial charge in [-0.2, -0.15) is 0 Å². The van der Waals surface area contributed by atoms with Gasteiger partial charge in [0.1, 0.15) is 0 Å². The van der Waals surface area contributed by atoms with E-state index in [1.165, 1.54) is 0 Å². The maximum absolute atomic E-state index is 12.9. The fourth-order valence-corrected chi connectivity index (χ4v) is 1.78. The van der Waals surface area contributed by atoms with E-state index in [4.69, 9.17) is 11.5 Å². The zero-order valence-electron chi connectivity index (χ0n) is 9.90. The van der Waals surface area contributed by atoms with E-state index in [-0.39, 0.29) is 38.2 Å². The Hall–Kier alpha value is -0.950. The number of halogens is 3. The molecule has 8 heteroatoms. The predicted octanol–water partition coefficient (Wildman–Crippen LogP) is 0.259. The van der Waals surface area contributed by atoms with Gasteiger partial charge in [-0.1, -0.05) is 0 Å². The van der Waals surface area contributed by atoms with Gasteiger partial charge >= 0.3 is 0 Å². The van der Waals surface area contributed by atoms with Gasteiger partial charge < -0.3 is 16.4 Å². The fraction of sp³-hybridized carbons (Fsp3) is 0.800. The minimum Gasteiger partial charge on any atom is -0.370 e. The molecule has 106 valence electrons. The smallest absolute Gasteiger partial charge is 0.267 e. The van der Waals surface area contributed by atoms with Crippen LogP contribution in [0.15, 0.2) is 0 Å². The highest BCUT2D eigenvalue weighted by atomic mass is 35.5. The number of carbonyl (C=O) groups excluding carboxylic acids is 2. The molecule has 1 heterocycles. The van der Waals surface area contributed by atoms with Gasteiger partial charge in [-0.25, -0.2) is 8.78 Å². The van der Waals surface area contributed by atoms with E-state index in [1.807, 2.05) is 0 Å². The molecule has 2 amide bonds. The molecule has 1 aliphatic rings. The molecule has 0 aromatic rings. The molecule has 0 aromatic carbocycles. The van der Waals surface area contributed by atoms with E-state index in [0.29, 0.717) is 6.42 Å². The summed E-state index contributed by atoms with van der Waals surface area (Å²) in [6.07, 6.45) is 0.514. The molecule has 4 N–H and O–H groups in total. The number of hydrogen-bond donors (Lipinski definition) is 2. The molecule has 0 bridgehead atoms. The summed E-state index contributed by atoms with van der Waals surface area (Å²) in [5, 5.41) is 0. The molecule has 18 heavy (non-hydrogen) atoms. The van der Waals surface area contributed by atoms with Crippen molar-refractivity contribution < 1.29 is 18.4 Å². The van der Waals surface area contributed by atoms with Crippen molar-refractivity contribution in [3.05, 3.63) is 0 Å². The topological polar surface area (TPSA) is 89.4 Å². The van der Waals surface area contributed by atoms with Gasteiger partial charge in [-0.15, -0.1) is 12.4 Å². The Bertz CT molecular complexity index is 315. The Morgan fingerprint density at radius 1 is 1.39 bits per heavy atom. The van der Waals surface area contributed by atoms with E-state index >= 15 is 0 Å². The summed E-state index contributed by atoms with van der Waals surface area (Å²) in [6.45, 7) is -0.523. The lowest BCUT2D eigenvalue weighted by Gasteiger charge is -2.20. The molecule has 5 nitrogen and oxygen atoms in total. The lowest BCUT2D eigenvalue weighted by molar-refractivity contribution is -0.133. The van der Waals surface area contributed by atoms with Gasteiger partial charge in [0, 0.05) is 19.4 Å². The van der Waals surface area contributed by atoms with Crippen molar-refractivity contribution in [2.24, 2.45) is 11.5 Å². The van der Waals surface area contributed by atoms with Crippen molar-refractivity contribution in [3.63, 3.8) is 0 Å². The van der Waals surface area contributed by atoms with Crippen LogP contribution in [0.25, 0.3) is 0 Å². The molecule has 1 atom stereocenters. The lowest BCUT2D eigenvalue weighted by atomic mass is 10.1. The first kappa shape index (κ1) is 17.1. The Kier molecular flexibility index (Phi) is 6.48. The first-order chi connectivity index (χ1) is 7.82. The van der Waals surface area contributed by atoms with Crippen LogP contribution in [0, 0.1) is 0 Å². The van der Waals surface area contributed by atoms with Crippen LogP contribution in [0.2, 0.25) is 0 Å². The molecule has 0 aromatic heterocycles. The number of rotatable bonds is 5. The normalized spacial score (nSPS) is 19.2. The van der Waals surface area contributed by atoms with Crippen LogP contribution in [0.3, 0.4) is 0 Å². The van der Waals surface area contributed by atoms with E-state index in [1.54, 1.807) is 0 Å². The predicted molar refractivity (Wildman–Crippen MR) is 64.4 cm³/mol. The first-order valence-corrected chi connectivity index (χ1v) is 5.52. The maximum Gasteiger partial charge on any atom is 0.267 e. The number of carbonyl (C=O) groups is 2. The third-order valence-electron chi connectivity index (χ3n) is 2.74. The molecule has 1 fully saturated rings. The molecule has 0 radical (unpaired) electrons. The summed E-state index contributed by atoms with van der Waals surface area (Å²) in [4.78, 5) is 23.2. The van der Waals surface area contributed by atoms with Crippen molar-refractivity contribution >= 4 is 24.2 Å². The Balaban J connectivity index is 0.00000289. The molecular weight excluding hydrogens is 268 g/mol. The molecule has 1 rings (SSSR count). The number of amides is 2. The second-order valence-electron chi connectivity index (χ2n) is 4.33. The molecule has 1 saturated heterocycles. The van der Waals surface area contributed by atoms with Crippen LogP contribution in [0.5, 0.6) is 0 Å². The number of hydrogen-bond acceptors (Lipinski definition) is 3. The van der Waals surface area contributed by atoms with Crippen molar-refractivity contribution in [2.45, 2.75) is 37.6 Å². The Morgan fingerprint density at radius 2 is 2.00 bits per heavy atom. The minimum absolute atomic E-state index is 0. The van der Waals surface area contributed by atoms with E-state index < -0.39 is 30.3 Å². The van der Waals surface area contributed by atoms with Crippen molar-refractivity contribution in [1.82, 2.24) is 4.90 Å². The highest BCUT2D eigenvalue weighted by molar-refractivity contribution is 5.85. The average molecular weight is 286 g/mol. The van der Waals surface area contributed by atoms with Crippen LogP contribution < -0.4 is 11.5 Å². The third-order valence-corrected chi connectivity index (χ3v) is 2.74. The standard InChI is InChI=1S/C10H17F2N3O2.ClH/c11-10(12)4-5-15(6-10)9(17)7(13)2-1-3-8(14)16;/h7H,1-6,13H2,(H2,14,16);1H/t7-;/m0./s1. The van der Waals surface area contributed by atoms with Gasteiger partial charge in [0.15, 0.2) is 0 Å². The summed E-state index contributed by atoms with van der Waals surface area (Å²) in [5.74, 6) is -3.74. The summed E-state index contributed by atoms with van der Waals surface area (Å²) < 4.78 is 25.8. The molecule has 0 saturated carbocycles. The van der Waals surface area contributed by atoms with E-state index in [9.17, 15) is 18.4 Å². The summed E-state index contributed by atoms with van der Waals surface area (Å²) in [6, 6.07) is -0.830. The van der Waals surface area contributed by atoms with Gasteiger partial charge in [-0.05, 0) is 12.8 Å². The number of nitrogens with two attached hydrogens (primary N) is 2. The summed E-state index contributed by atoms with van der Waals surface area (Å²) in [5.41, 5.74) is 10.5. The van der Waals surface area contributed by atoms with Gasteiger partial charge in [0.05, 0.1) is 12.6 Å². The van der Waals surface area contributed by atoms with Crippen molar-refractivity contribution in [1.29, 1.82) is 0 Å². The van der Waals surface area contributed by atoms with Crippen LogP contribution in [0.1, 0.15) is 25.7 Å². The van der Waals surface area contributed by atoms with Crippen molar-refractivity contribution in [3.8, 4) is 0 Å². The summed E-state index contributed by atoms with van der Waals surface area (Å²) >= 11 is 0. The number of likely N-dealkylation sites (tertiary alicyclic amines) is 1. The van der Waals surface area contributed by atoms with Crippen molar-refractivity contribution in [2.75, 3.05) is 13.1 Å². The highest BCUT2D eigenvalue weighted by Gasteiger charge is 2.41. The maximum atomic E-state index is 12.9. The first-order valence-electron chi connectivity index (χ1n) is 5.52. The second kappa shape index (κ2) is 6.84. The molecule has 0 aliphatic carbocycles. The third kappa shape index (κ3) is 5.14. The quantitative estimate of drug-likeness (QED) is 0.759. The van der Waals surface area contributed by atoms with Gasteiger partial charge in [0.25, 0.3) is 5.92 Å².